The highest BCUT2D eigenvalue weighted by Gasteiger charge is 2.08. The van der Waals surface area contributed by atoms with Crippen molar-refractivity contribution in [1.82, 2.24) is 9.97 Å². The van der Waals surface area contributed by atoms with Gasteiger partial charge >= 0.3 is 0 Å². The quantitative estimate of drug-likeness (QED) is 0.656. The van der Waals surface area contributed by atoms with Gasteiger partial charge in [-0.15, -0.1) is 11.8 Å². The van der Waals surface area contributed by atoms with Gasteiger partial charge in [0.05, 0.1) is 5.52 Å². The van der Waals surface area contributed by atoms with Crippen molar-refractivity contribution in [2.24, 2.45) is 5.92 Å². The number of hydrogen-bond donors (Lipinski definition) is 1. The molecule has 0 aliphatic carbocycles. The molecule has 0 radical (unpaired) electrons. The number of rotatable bonds is 5. The number of nitrogens with zero attached hydrogens (tertiary/aromatic N) is 2. The average molecular weight is 261 g/mol. The van der Waals surface area contributed by atoms with Crippen molar-refractivity contribution in [2.75, 3.05) is 17.6 Å². The van der Waals surface area contributed by atoms with E-state index >= 15 is 0 Å². The fourth-order valence-corrected chi connectivity index (χ4v) is 2.61. The van der Waals surface area contributed by atoms with Gasteiger partial charge in [-0.2, -0.15) is 0 Å². The summed E-state index contributed by atoms with van der Waals surface area (Å²) in [7, 11) is 0. The first-order valence-corrected chi connectivity index (χ1v) is 7.32. The van der Waals surface area contributed by atoms with Crippen LogP contribution in [0, 0.1) is 5.92 Å². The summed E-state index contributed by atoms with van der Waals surface area (Å²) in [6.07, 6.45) is 0. The van der Waals surface area contributed by atoms with Crippen LogP contribution in [0.25, 0.3) is 10.9 Å². The zero-order valence-electron chi connectivity index (χ0n) is 11.1. The van der Waals surface area contributed by atoms with Gasteiger partial charge in [-0.3, -0.25) is 0 Å². The van der Waals surface area contributed by atoms with Crippen LogP contribution in [-0.4, -0.2) is 22.3 Å². The Morgan fingerprint density at radius 2 is 2.00 bits per heavy atom. The Balaban J connectivity index is 2.40. The van der Waals surface area contributed by atoms with Gasteiger partial charge in [-0.25, -0.2) is 9.97 Å². The second-order valence-electron chi connectivity index (χ2n) is 4.60. The first-order valence-electron chi connectivity index (χ1n) is 6.34. The van der Waals surface area contributed by atoms with Gasteiger partial charge in [-0.05, 0) is 18.9 Å². The van der Waals surface area contributed by atoms with E-state index in [-0.39, 0.29) is 0 Å². The highest BCUT2D eigenvalue weighted by atomic mass is 32.2. The van der Waals surface area contributed by atoms with Gasteiger partial charge in [0.2, 0.25) is 5.95 Å². The van der Waals surface area contributed by atoms with Crippen LogP contribution in [0.2, 0.25) is 0 Å². The van der Waals surface area contributed by atoms with Crippen molar-refractivity contribution >= 4 is 28.6 Å². The van der Waals surface area contributed by atoms with E-state index in [4.69, 9.17) is 0 Å². The van der Waals surface area contributed by atoms with Crippen molar-refractivity contribution < 1.29 is 0 Å². The fourth-order valence-electron chi connectivity index (χ4n) is 1.64. The Kier molecular flexibility index (Phi) is 4.42. The van der Waals surface area contributed by atoms with E-state index in [1.165, 1.54) is 0 Å². The molecule has 0 atom stereocenters. The highest BCUT2D eigenvalue weighted by Crippen LogP contribution is 2.27. The number of benzene rings is 1. The Hall–Kier alpha value is -1.29. The van der Waals surface area contributed by atoms with Crippen molar-refractivity contribution in [1.29, 1.82) is 0 Å². The van der Waals surface area contributed by atoms with Crippen LogP contribution in [0.3, 0.4) is 0 Å². The number of para-hydroxylation sites is 1. The summed E-state index contributed by atoms with van der Waals surface area (Å²) in [5.74, 6) is 2.46. The number of hydrogen-bond acceptors (Lipinski definition) is 4. The molecule has 0 aliphatic heterocycles. The van der Waals surface area contributed by atoms with Crippen molar-refractivity contribution in [2.45, 2.75) is 25.8 Å². The molecule has 0 bridgehead atoms. The van der Waals surface area contributed by atoms with Crippen LogP contribution in [-0.2, 0) is 0 Å². The Labute approximate surface area is 112 Å². The van der Waals surface area contributed by atoms with Crippen molar-refractivity contribution in [3.8, 4) is 0 Å². The molecule has 2 rings (SSSR count). The van der Waals surface area contributed by atoms with Crippen LogP contribution in [0.5, 0.6) is 0 Å². The molecular weight excluding hydrogens is 242 g/mol. The summed E-state index contributed by atoms with van der Waals surface area (Å²) in [4.78, 5) is 9.12. The second kappa shape index (κ2) is 6.05. The lowest BCUT2D eigenvalue weighted by Gasteiger charge is -2.09. The predicted molar refractivity (Wildman–Crippen MR) is 79.3 cm³/mol. The van der Waals surface area contributed by atoms with Gasteiger partial charge in [0.1, 0.15) is 5.03 Å². The summed E-state index contributed by atoms with van der Waals surface area (Å²) in [5, 5.41) is 5.41. The van der Waals surface area contributed by atoms with E-state index in [0.29, 0.717) is 5.92 Å². The molecule has 1 aromatic carbocycles. The van der Waals surface area contributed by atoms with Crippen LogP contribution < -0.4 is 5.32 Å². The molecule has 96 valence electrons. The van der Waals surface area contributed by atoms with Gasteiger partial charge < -0.3 is 5.32 Å². The Morgan fingerprint density at radius 1 is 1.22 bits per heavy atom. The zero-order chi connectivity index (χ0) is 13.0. The summed E-state index contributed by atoms with van der Waals surface area (Å²) < 4.78 is 0. The fraction of sp³-hybridized carbons (Fsp3) is 0.429. The van der Waals surface area contributed by atoms with Crippen LogP contribution in [0.1, 0.15) is 20.8 Å². The molecule has 1 heterocycles. The Bertz CT molecular complexity index is 525. The first kappa shape index (κ1) is 13.1. The van der Waals surface area contributed by atoms with E-state index < -0.39 is 0 Å². The minimum Gasteiger partial charge on any atom is -0.354 e. The van der Waals surface area contributed by atoms with Crippen LogP contribution in [0.4, 0.5) is 5.95 Å². The molecule has 1 N–H and O–H groups in total. The average Bonchev–Trinajstić information content (AvgIpc) is 2.36. The van der Waals surface area contributed by atoms with Gasteiger partial charge in [-0.1, -0.05) is 32.0 Å². The lowest BCUT2D eigenvalue weighted by atomic mass is 10.2. The smallest absolute Gasteiger partial charge is 0.224 e. The SMILES string of the molecule is CCNc1nc(SCC(C)C)c2ccccc2n1. The lowest BCUT2D eigenvalue weighted by Crippen LogP contribution is -2.03. The molecule has 0 saturated heterocycles. The van der Waals surface area contributed by atoms with E-state index in [2.05, 4.69) is 42.1 Å². The van der Waals surface area contributed by atoms with Gasteiger partial charge in [0, 0.05) is 17.7 Å². The molecule has 4 heteroatoms. The molecule has 0 unspecified atom stereocenters. The highest BCUT2D eigenvalue weighted by molar-refractivity contribution is 7.99. The maximum Gasteiger partial charge on any atom is 0.224 e. The normalized spacial score (nSPS) is 11.1. The number of anilines is 1. The number of nitrogens with one attached hydrogen (secondary N) is 1. The summed E-state index contributed by atoms with van der Waals surface area (Å²) >= 11 is 1.81. The van der Waals surface area contributed by atoms with Gasteiger partial charge in [0.15, 0.2) is 0 Å². The van der Waals surface area contributed by atoms with E-state index in [1.807, 2.05) is 18.2 Å². The minimum absolute atomic E-state index is 0.659. The largest absolute Gasteiger partial charge is 0.354 e. The number of aromatic nitrogens is 2. The lowest BCUT2D eigenvalue weighted by molar-refractivity contribution is 0.749. The monoisotopic (exact) mass is 261 g/mol. The molecule has 0 amide bonds. The minimum atomic E-state index is 0.659. The number of fused-ring (bicyclic) bond motifs is 1. The molecule has 18 heavy (non-hydrogen) atoms. The molecule has 1 aromatic heterocycles. The molecule has 3 nitrogen and oxygen atoms in total. The Morgan fingerprint density at radius 3 is 2.72 bits per heavy atom. The topological polar surface area (TPSA) is 37.8 Å². The van der Waals surface area contributed by atoms with Crippen LogP contribution >= 0.6 is 11.8 Å². The van der Waals surface area contributed by atoms with E-state index in [0.717, 1.165) is 34.2 Å². The molecule has 0 fully saturated rings. The third-order valence-electron chi connectivity index (χ3n) is 2.46. The predicted octanol–water partition coefficient (Wildman–Crippen LogP) is 3.81. The third kappa shape index (κ3) is 3.13. The number of thioether (sulfide) groups is 1. The van der Waals surface area contributed by atoms with Crippen molar-refractivity contribution in [3.63, 3.8) is 0 Å². The second-order valence-corrected chi connectivity index (χ2v) is 5.61. The molecule has 2 aromatic rings. The van der Waals surface area contributed by atoms with E-state index in [1.54, 1.807) is 11.8 Å². The first-order chi connectivity index (χ1) is 8.70. The summed E-state index contributed by atoms with van der Waals surface area (Å²) in [6.45, 7) is 7.34. The molecular formula is C14H19N3S. The standard InChI is InChI=1S/C14H19N3S/c1-4-15-14-16-12-8-6-5-7-11(12)13(17-14)18-9-10(2)3/h5-8,10H,4,9H2,1-3H3,(H,15,16,17). The van der Waals surface area contributed by atoms with Crippen molar-refractivity contribution in [3.05, 3.63) is 24.3 Å². The maximum absolute atomic E-state index is 4.60. The molecule has 0 spiro atoms. The van der Waals surface area contributed by atoms with Crippen LogP contribution in [0.15, 0.2) is 29.3 Å². The third-order valence-corrected chi connectivity index (χ3v) is 3.87. The van der Waals surface area contributed by atoms with Gasteiger partial charge in [0.25, 0.3) is 0 Å². The summed E-state index contributed by atoms with van der Waals surface area (Å²) in [6, 6.07) is 8.19. The molecule has 0 aliphatic rings. The van der Waals surface area contributed by atoms with E-state index in [9.17, 15) is 0 Å². The molecule has 0 saturated carbocycles. The summed E-state index contributed by atoms with van der Waals surface area (Å²) in [5.41, 5.74) is 1.01. The zero-order valence-corrected chi connectivity index (χ0v) is 11.9. The maximum atomic E-state index is 4.60.